The summed E-state index contributed by atoms with van der Waals surface area (Å²) in [5, 5.41) is 0. The van der Waals surface area contributed by atoms with Gasteiger partial charge in [0.05, 0.1) is 0 Å². The summed E-state index contributed by atoms with van der Waals surface area (Å²) in [6.07, 6.45) is 0.923. The van der Waals surface area contributed by atoms with Gasteiger partial charge in [-0.15, -0.1) is 0 Å². The maximum Gasteiger partial charge on any atom is 0.0393 e. The molecule has 0 saturated carbocycles. The van der Waals surface area contributed by atoms with Crippen molar-refractivity contribution >= 4 is 5.69 Å². The molecule has 0 amide bonds. The number of para-hydroxylation sites is 1. The average Bonchev–Trinajstić information content (AvgIpc) is 2.49. The van der Waals surface area contributed by atoms with Crippen LogP contribution < -0.4 is 5.73 Å². The van der Waals surface area contributed by atoms with E-state index in [1.54, 1.807) is 0 Å². The molecule has 21 heavy (non-hydrogen) atoms. The zero-order chi connectivity index (χ0) is 14.7. The second kappa shape index (κ2) is 5.84. The number of aryl methyl sites for hydroxylation is 1. The molecule has 3 aromatic rings. The first-order valence-corrected chi connectivity index (χ1v) is 7.22. The van der Waals surface area contributed by atoms with Crippen LogP contribution in [0.4, 0.5) is 5.69 Å². The second-order valence-corrected chi connectivity index (χ2v) is 5.41. The summed E-state index contributed by atoms with van der Waals surface area (Å²) in [6.45, 7) is 2.13. The summed E-state index contributed by atoms with van der Waals surface area (Å²) < 4.78 is 0. The average molecular weight is 273 g/mol. The van der Waals surface area contributed by atoms with Crippen LogP contribution in [0.1, 0.15) is 16.7 Å². The maximum absolute atomic E-state index is 6.14. The third-order valence-electron chi connectivity index (χ3n) is 3.75. The van der Waals surface area contributed by atoms with Crippen molar-refractivity contribution in [2.75, 3.05) is 5.73 Å². The van der Waals surface area contributed by atoms with Crippen molar-refractivity contribution in [1.82, 2.24) is 0 Å². The summed E-state index contributed by atoms with van der Waals surface area (Å²) >= 11 is 0. The van der Waals surface area contributed by atoms with Crippen LogP contribution >= 0.6 is 0 Å². The van der Waals surface area contributed by atoms with Crippen molar-refractivity contribution in [2.45, 2.75) is 13.3 Å². The third kappa shape index (κ3) is 2.97. The summed E-state index contributed by atoms with van der Waals surface area (Å²) in [5.41, 5.74) is 13.2. The highest BCUT2D eigenvalue weighted by molar-refractivity contribution is 5.78. The van der Waals surface area contributed by atoms with Gasteiger partial charge in [0.25, 0.3) is 0 Å². The highest BCUT2D eigenvalue weighted by Crippen LogP contribution is 2.30. The van der Waals surface area contributed by atoms with Crippen LogP contribution in [0.25, 0.3) is 11.1 Å². The van der Waals surface area contributed by atoms with E-state index in [-0.39, 0.29) is 0 Å². The number of nitrogens with two attached hydrogens (primary N) is 1. The molecule has 0 saturated heterocycles. The van der Waals surface area contributed by atoms with E-state index in [0.717, 1.165) is 17.7 Å². The van der Waals surface area contributed by atoms with E-state index in [9.17, 15) is 0 Å². The number of hydrogen-bond acceptors (Lipinski definition) is 1. The number of benzene rings is 3. The lowest BCUT2D eigenvalue weighted by Crippen LogP contribution is -1.95. The van der Waals surface area contributed by atoms with Gasteiger partial charge in [-0.3, -0.25) is 0 Å². The van der Waals surface area contributed by atoms with Crippen LogP contribution in [0.2, 0.25) is 0 Å². The second-order valence-electron chi connectivity index (χ2n) is 5.41. The molecule has 0 aliphatic heterocycles. The smallest absolute Gasteiger partial charge is 0.0393 e. The molecule has 3 rings (SSSR count). The predicted octanol–water partition coefficient (Wildman–Crippen LogP) is 4.84. The molecule has 2 N–H and O–H groups in total. The minimum Gasteiger partial charge on any atom is -0.398 e. The van der Waals surface area contributed by atoms with Gasteiger partial charge in [0, 0.05) is 11.3 Å². The number of rotatable bonds is 3. The van der Waals surface area contributed by atoms with E-state index in [1.165, 1.54) is 22.3 Å². The quantitative estimate of drug-likeness (QED) is 0.679. The van der Waals surface area contributed by atoms with Crippen LogP contribution in [-0.2, 0) is 6.42 Å². The predicted molar refractivity (Wildman–Crippen MR) is 90.3 cm³/mol. The summed E-state index contributed by atoms with van der Waals surface area (Å²) in [5.74, 6) is 0. The first kappa shape index (κ1) is 13.4. The topological polar surface area (TPSA) is 26.0 Å². The Morgan fingerprint density at radius 2 is 1.48 bits per heavy atom. The molecular weight excluding hydrogens is 254 g/mol. The van der Waals surface area contributed by atoms with Gasteiger partial charge in [0.15, 0.2) is 0 Å². The van der Waals surface area contributed by atoms with Crippen LogP contribution in [0.5, 0.6) is 0 Å². The Hall–Kier alpha value is -2.54. The van der Waals surface area contributed by atoms with Crippen LogP contribution in [0.3, 0.4) is 0 Å². The molecule has 0 unspecified atom stereocenters. The van der Waals surface area contributed by atoms with Gasteiger partial charge in [-0.05, 0) is 36.1 Å². The summed E-state index contributed by atoms with van der Waals surface area (Å²) in [7, 11) is 0. The summed E-state index contributed by atoms with van der Waals surface area (Å²) in [4.78, 5) is 0. The molecule has 1 heteroatoms. The van der Waals surface area contributed by atoms with Crippen molar-refractivity contribution in [3.8, 4) is 11.1 Å². The highest BCUT2D eigenvalue weighted by atomic mass is 14.6. The normalized spacial score (nSPS) is 10.5. The highest BCUT2D eigenvalue weighted by Gasteiger charge is 2.08. The van der Waals surface area contributed by atoms with E-state index in [1.807, 2.05) is 18.2 Å². The zero-order valence-corrected chi connectivity index (χ0v) is 12.2. The van der Waals surface area contributed by atoms with E-state index in [2.05, 4.69) is 61.5 Å². The third-order valence-corrected chi connectivity index (χ3v) is 3.75. The monoisotopic (exact) mass is 273 g/mol. The Kier molecular flexibility index (Phi) is 3.74. The molecule has 3 aromatic carbocycles. The Bertz CT molecular complexity index is 759. The number of hydrogen-bond donors (Lipinski definition) is 1. The lowest BCUT2D eigenvalue weighted by atomic mass is 9.94. The van der Waals surface area contributed by atoms with E-state index in [4.69, 9.17) is 5.73 Å². The molecule has 0 bridgehead atoms. The fourth-order valence-corrected chi connectivity index (χ4v) is 2.72. The van der Waals surface area contributed by atoms with Crippen LogP contribution in [0.15, 0.2) is 72.8 Å². The van der Waals surface area contributed by atoms with Gasteiger partial charge in [-0.1, -0.05) is 72.3 Å². The van der Waals surface area contributed by atoms with Crippen molar-refractivity contribution < 1.29 is 0 Å². The molecule has 104 valence electrons. The lowest BCUT2D eigenvalue weighted by molar-refractivity contribution is 1.18. The van der Waals surface area contributed by atoms with Gasteiger partial charge in [0.1, 0.15) is 0 Å². The molecule has 0 spiro atoms. The molecule has 0 aromatic heterocycles. The van der Waals surface area contributed by atoms with Crippen molar-refractivity contribution in [1.29, 1.82) is 0 Å². The van der Waals surface area contributed by atoms with Crippen LogP contribution in [0, 0.1) is 6.92 Å². The minimum atomic E-state index is 0.828. The molecule has 1 nitrogen and oxygen atoms in total. The maximum atomic E-state index is 6.14. The first-order chi connectivity index (χ1) is 10.2. The Morgan fingerprint density at radius 3 is 2.24 bits per heavy atom. The van der Waals surface area contributed by atoms with Gasteiger partial charge in [0.2, 0.25) is 0 Å². The lowest BCUT2D eigenvalue weighted by Gasteiger charge is -2.12. The Balaban J connectivity index is 2.03. The zero-order valence-electron chi connectivity index (χ0n) is 12.2. The molecular formula is C20H19N. The molecule has 0 atom stereocenters. The van der Waals surface area contributed by atoms with Gasteiger partial charge < -0.3 is 5.73 Å². The number of anilines is 1. The van der Waals surface area contributed by atoms with E-state index >= 15 is 0 Å². The van der Waals surface area contributed by atoms with Crippen molar-refractivity contribution in [3.05, 3.63) is 89.5 Å². The van der Waals surface area contributed by atoms with Crippen molar-refractivity contribution in [2.24, 2.45) is 0 Å². The SMILES string of the molecule is Cc1cccc(Cc2ccccc2-c2ccccc2N)c1. The fraction of sp³-hybridized carbons (Fsp3) is 0.100. The van der Waals surface area contributed by atoms with Crippen molar-refractivity contribution in [3.63, 3.8) is 0 Å². The Labute approximate surface area is 126 Å². The fourth-order valence-electron chi connectivity index (χ4n) is 2.72. The number of nitrogen functional groups attached to an aromatic ring is 1. The Morgan fingerprint density at radius 1 is 0.762 bits per heavy atom. The van der Waals surface area contributed by atoms with E-state index in [0.29, 0.717) is 0 Å². The van der Waals surface area contributed by atoms with Gasteiger partial charge in [-0.25, -0.2) is 0 Å². The largest absolute Gasteiger partial charge is 0.398 e. The van der Waals surface area contributed by atoms with E-state index < -0.39 is 0 Å². The molecule has 0 fully saturated rings. The molecule has 0 heterocycles. The van der Waals surface area contributed by atoms with Gasteiger partial charge in [-0.2, -0.15) is 0 Å². The standard InChI is InChI=1S/C20H19N/c1-15-7-6-8-16(13-15)14-17-9-2-3-10-18(17)19-11-4-5-12-20(19)21/h2-13H,14,21H2,1H3. The first-order valence-electron chi connectivity index (χ1n) is 7.22. The molecule has 0 radical (unpaired) electrons. The van der Waals surface area contributed by atoms with Crippen LogP contribution in [-0.4, -0.2) is 0 Å². The minimum absolute atomic E-state index is 0.828. The molecule has 0 aliphatic carbocycles. The molecule has 0 aliphatic rings. The summed E-state index contributed by atoms with van der Waals surface area (Å²) in [6, 6.07) is 25.2. The van der Waals surface area contributed by atoms with Gasteiger partial charge >= 0.3 is 0 Å².